The van der Waals surface area contributed by atoms with E-state index in [-0.39, 0.29) is 5.91 Å². The molecule has 1 aliphatic rings. The highest BCUT2D eigenvalue weighted by atomic mass is 32.1. The summed E-state index contributed by atoms with van der Waals surface area (Å²) in [5.41, 5.74) is 4.87. The first-order valence-corrected chi connectivity index (χ1v) is 9.79. The van der Waals surface area contributed by atoms with E-state index in [1.54, 1.807) is 0 Å². The number of aromatic nitrogens is 5. The van der Waals surface area contributed by atoms with E-state index in [1.165, 1.54) is 0 Å². The molecule has 28 heavy (non-hydrogen) atoms. The molecule has 0 atom stereocenters. The molecule has 7 nitrogen and oxygen atoms in total. The Balaban J connectivity index is 1.59. The van der Waals surface area contributed by atoms with Gasteiger partial charge in [0, 0.05) is 18.0 Å². The van der Waals surface area contributed by atoms with Crippen LogP contribution in [0.3, 0.4) is 0 Å². The standard InChI is InChI=1S/C20H18N6OS/c1-13-7-3-4-8-17(13)26-19(24-9-5-6-10-24)15-11-25(12-16(15)22-26)20(27)18-14(2)21-23-28-18/h3-10H,11-12H2,1-2H3. The van der Waals surface area contributed by atoms with Gasteiger partial charge in [-0.25, -0.2) is 4.68 Å². The molecule has 0 N–H and O–H groups in total. The summed E-state index contributed by atoms with van der Waals surface area (Å²) in [5.74, 6) is 0.940. The molecule has 3 aromatic heterocycles. The zero-order valence-corrected chi connectivity index (χ0v) is 16.3. The Bertz CT molecular complexity index is 1170. The Hall–Kier alpha value is -3.26. The van der Waals surface area contributed by atoms with E-state index in [0.717, 1.165) is 39.9 Å². The molecular weight excluding hydrogens is 372 g/mol. The van der Waals surface area contributed by atoms with Crippen LogP contribution in [0.4, 0.5) is 0 Å². The smallest absolute Gasteiger partial charge is 0.268 e. The predicted molar refractivity (Wildman–Crippen MR) is 106 cm³/mol. The molecule has 1 aliphatic heterocycles. The number of nitrogens with zero attached hydrogens (tertiary/aromatic N) is 6. The number of hydrogen-bond acceptors (Lipinski definition) is 5. The second-order valence-corrected chi connectivity index (χ2v) is 7.64. The number of carbonyl (C=O) groups is 1. The molecule has 0 radical (unpaired) electrons. The first-order valence-electron chi connectivity index (χ1n) is 9.02. The van der Waals surface area contributed by atoms with Gasteiger partial charge in [0.15, 0.2) is 0 Å². The van der Waals surface area contributed by atoms with Crippen LogP contribution in [0, 0.1) is 13.8 Å². The van der Waals surface area contributed by atoms with Crippen molar-refractivity contribution < 1.29 is 4.79 Å². The first kappa shape index (κ1) is 16.9. The van der Waals surface area contributed by atoms with Crippen molar-refractivity contribution >= 4 is 17.4 Å². The van der Waals surface area contributed by atoms with Crippen molar-refractivity contribution in [2.75, 3.05) is 0 Å². The van der Waals surface area contributed by atoms with Gasteiger partial charge in [0.1, 0.15) is 10.7 Å². The highest BCUT2D eigenvalue weighted by Gasteiger charge is 2.33. The van der Waals surface area contributed by atoms with Gasteiger partial charge < -0.3 is 9.47 Å². The summed E-state index contributed by atoms with van der Waals surface area (Å²) in [4.78, 5) is 15.3. The number of aryl methyl sites for hydroxylation is 2. The van der Waals surface area contributed by atoms with Crippen LogP contribution in [0.1, 0.15) is 32.2 Å². The van der Waals surface area contributed by atoms with Crippen LogP contribution in [-0.4, -0.2) is 34.7 Å². The van der Waals surface area contributed by atoms with Gasteiger partial charge in [-0.3, -0.25) is 4.79 Å². The number of hydrogen-bond donors (Lipinski definition) is 0. The summed E-state index contributed by atoms with van der Waals surface area (Å²) >= 11 is 1.15. The number of fused-ring (bicyclic) bond motifs is 1. The fourth-order valence-electron chi connectivity index (χ4n) is 3.63. The van der Waals surface area contributed by atoms with E-state index < -0.39 is 0 Å². The van der Waals surface area contributed by atoms with E-state index in [9.17, 15) is 4.79 Å². The molecule has 8 heteroatoms. The van der Waals surface area contributed by atoms with Crippen molar-refractivity contribution in [3.63, 3.8) is 0 Å². The summed E-state index contributed by atoms with van der Waals surface area (Å²) in [5, 5.41) is 8.85. The van der Waals surface area contributed by atoms with Gasteiger partial charge in [-0.05, 0) is 49.1 Å². The molecule has 0 aliphatic carbocycles. The molecule has 4 aromatic rings. The van der Waals surface area contributed by atoms with Crippen LogP contribution in [0.15, 0.2) is 48.8 Å². The number of carbonyl (C=O) groups excluding carboxylic acids is 1. The Morgan fingerprint density at radius 2 is 1.86 bits per heavy atom. The van der Waals surface area contributed by atoms with Crippen molar-refractivity contribution in [3.8, 4) is 11.5 Å². The van der Waals surface area contributed by atoms with Crippen molar-refractivity contribution in [2.24, 2.45) is 0 Å². The first-order chi connectivity index (χ1) is 13.6. The van der Waals surface area contributed by atoms with Crippen molar-refractivity contribution in [1.29, 1.82) is 0 Å². The molecule has 140 valence electrons. The van der Waals surface area contributed by atoms with E-state index >= 15 is 0 Å². The summed E-state index contributed by atoms with van der Waals surface area (Å²) < 4.78 is 7.94. The van der Waals surface area contributed by atoms with Crippen LogP contribution >= 0.6 is 11.5 Å². The van der Waals surface area contributed by atoms with Crippen LogP contribution in [0.5, 0.6) is 0 Å². The minimum absolute atomic E-state index is 0.0357. The monoisotopic (exact) mass is 390 g/mol. The van der Waals surface area contributed by atoms with Gasteiger partial charge in [-0.15, -0.1) is 5.10 Å². The summed E-state index contributed by atoms with van der Waals surface area (Å²) in [6.45, 7) is 4.90. The largest absolute Gasteiger partial charge is 0.327 e. The number of amides is 1. The second-order valence-electron chi connectivity index (χ2n) is 6.89. The summed E-state index contributed by atoms with van der Waals surface area (Å²) in [6.07, 6.45) is 4.02. The lowest BCUT2D eigenvalue weighted by Gasteiger charge is -2.17. The third kappa shape index (κ3) is 2.56. The van der Waals surface area contributed by atoms with Crippen LogP contribution in [0.2, 0.25) is 0 Å². The van der Waals surface area contributed by atoms with Gasteiger partial charge in [0.2, 0.25) is 0 Å². The van der Waals surface area contributed by atoms with Crippen molar-refractivity contribution in [3.05, 3.63) is 76.2 Å². The molecule has 1 aromatic carbocycles. The molecule has 0 spiro atoms. The highest BCUT2D eigenvalue weighted by molar-refractivity contribution is 7.07. The summed E-state index contributed by atoms with van der Waals surface area (Å²) in [7, 11) is 0. The van der Waals surface area contributed by atoms with Gasteiger partial charge in [-0.1, -0.05) is 22.7 Å². The maximum Gasteiger partial charge on any atom is 0.268 e. The zero-order valence-electron chi connectivity index (χ0n) is 15.5. The SMILES string of the molecule is Cc1ccccc1-n1nc2c(c1-n1cccc1)CN(C(=O)c1snnc1C)C2. The van der Waals surface area contributed by atoms with Crippen LogP contribution < -0.4 is 0 Å². The molecule has 0 fully saturated rings. The van der Waals surface area contributed by atoms with Crippen LogP contribution in [-0.2, 0) is 13.1 Å². The lowest BCUT2D eigenvalue weighted by Crippen LogP contribution is -2.26. The molecule has 0 saturated heterocycles. The summed E-state index contributed by atoms with van der Waals surface area (Å²) in [6, 6.07) is 12.2. The van der Waals surface area contributed by atoms with E-state index in [0.29, 0.717) is 23.7 Å². The van der Waals surface area contributed by atoms with E-state index in [2.05, 4.69) is 33.2 Å². The minimum atomic E-state index is -0.0357. The molecule has 0 unspecified atom stereocenters. The molecule has 1 amide bonds. The normalized spacial score (nSPS) is 13.1. The van der Waals surface area contributed by atoms with Gasteiger partial charge in [0.25, 0.3) is 5.91 Å². The predicted octanol–water partition coefficient (Wildman–Crippen LogP) is 3.29. The molecular formula is C20H18N6OS. The minimum Gasteiger partial charge on any atom is -0.327 e. The number of rotatable bonds is 3. The van der Waals surface area contributed by atoms with Crippen molar-refractivity contribution in [2.45, 2.75) is 26.9 Å². The Morgan fingerprint density at radius 1 is 1.07 bits per heavy atom. The average molecular weight is 390 g/mol. The van der Waals surface area contributed by atoms with E-state index in [1.807, 2.05) is 53.2 Å². The fraction of sp³-hybridized carbons (Fsp3) is 0.200. The highest BCUT2D eigenvalue weighted by Crippen LogP contribution is 2.32. The van der Waals surface area contributed by atoms with Crippen LogP contribution in [0.25, 0.3) is 11.5 Å². The lowest BCUT2D eigenvalue weighted by molar-refractivity contribution is 0.0753. The molecule has 5 rings (SSSR count). The van der Waals surface area contributed by atoms with Gasteiger partial charge in [0.05, 0.1) is 30.2 Å². The third-order valence-electron chi connectivity index (χ3n) is 5.05. The Kier molecular flexibility index (Phi) is 3.87. The second kappa shape index (κ2) is 6.42. The van der Waals surface area contributed by atoms with Gasteiger partial charge in [-0.2, -0.15) is 5.10 Å². The topological polar surface area (TPSA) is 68.8 Å². The zero-order chi connectivity index (χ0) is 19.3. The maximum atomic E-state index is 12.9. The average Bonchev–Trinajstić information content (AvgIpc) is 3.45. The molecule has 4 heterocycles. The molecule has 0 bridgehead atoms. The maximum absolute atomic E-state index is 12.9. The van der Waals surface area contributed by atoms with Gasteiger partial charge >= 0.3 is 0 Å². The number of para-hydroxylation sites is 1. The van der Waals surface area contributed by atoms with E-state index in [4.69, 9.17) is 5.10 Å². The Labute approximate surface area is 166 Å². The Morgan fingerprint density at radius 3 is 2.57 bits per heavy atom. The quantitative estimate of drug-likeness (QED) is 0.538. The third-order valence-corrected chi connectivity index (χ3v) is 5.87. The lowest BCUT2D eigenvalue weighted by atomic mass is 10.2. The number of benzene rings is 1. The van der Waals surface area contributed by atoms with Crippen molar-refractivity contribution in [1.82, 2.24) is 28.8 Å². The molecule has 0 saturated carbocycles. The fourth-order valence-corrected chi connectivity index (χ4v) is 4.25.